The molecular formula is C17H25F2N3O3. The van der Waals surface area contributed by atoms with Gasteiger partial charge in [0.15, 0.2) is 0 Å². The molecule has 0 spiro atoms. The summed E-state index contributed by atoms with van der Waals surface area (Å²) in [5.41, 5.74) is 0.834. The molecule has 0 bridgehead atoms. The number of halogens is 2. The van der Waals surface area contributed by atoms with Crippen LogP contribution in [0.15, 0.2) is 24.3 Å². The van der Waals surface area contributed by atoms with Gasteiger partial charge in [-0.3, -0.25) is 4.90 Å². The number of hydrogen-bond donors (Lipinski definition) is 1. The van der Waals surface area contributed by atoms with Crippen molar-refractivity contribution in [3.05, 3.63) is 29.8 Å². The molecule has 1 N–H and O–H groups in total. The fourth-order valence-electron chi connectivity index (χ4n) is 2.64. The first kappa shape index (κ1) is 19.4. The van der Waals surface area contributed by atoms with E-state index >= 15 is 0 Å². The third-order valence-corrected chi connectivity index (χ3v) is 4.13. The molecule has 1 aromatic rings. The maximum Gasteiger partial charge on any atom is 0.387 e. The Balaban J connectivity index is 1.75. The molecule has 1 aliphatic heterocycles. The highest BCUT2D eigenvalue weighted by atomic mass is 19.3. The Morgan fingerprint density at radius 2 is 1.96 bits per heavy atom. The first-order valence-corrected chi connectivity index (χ1v) is 8.30. The lowest BCUT2D eigenvalue weighted by molar-refractivity contribution is -0.0498. The lowest BCUT2D eigenvalue weighted by Crippen LogP contribution is -2.49. The number of urea groups is 1. The Labute approximate surface area is 146 Å². The minimum atomic E-state index is -2.84. The average Bonchev–Trinajstić information content (AvgIpc) is 2.61. The summed E-state index contributed by atoms with van der Waals surface area (Å²) in [6.45, 7) is 3.38. The van der Waals surface area contributed by atoms with Crippen molar-refractivity contribution in [1.29, 1.82) is 0 Å². The molecule has 0 saturated carbocycles. The minimum absolute atomic E-state index is 0.102. The first-order valence-electron chi connectivity index (χ1n) is 8.30. The van der Waals surface area contributed by atoms with Crippen molar-refractivity contribution in [2.75, 3.05) is 39.9 Å². The summed E-state index contributed by atoms with van der Waals surface area (Å²) in [5.74, 6) is 0.102. The van der Waals surface area contributed by atoms with E-state index in [2.05, 4.69) is 21.9 Å². The summed E-state index contributed by atoms with van der Waals surface area (Å²) in [7, 11) is 1.69. The van der Waals surface area contributed by atoms with Gasteiger partial charge in [0, 0.05) is 39.3 Å². The first-order chi connectivity index (χ1) is 12.0. The van der Waals surface area contributed by atoms with E-state index in [1.165, 1.54) is 12.1 Å². The predicted octanol–water partition coefficient (Wildman–Crippen LogP) is 2.15. The number of carbonyl (C=O) groups excluding carboxylic acids is 1. The summed E-state index contributed by atoms with van der Waals surface area (Å²) < 4.78 is 33.9. The molecule has 1 atom stereocenters. The summed E-state index contributed by atoms with van der Waals surface area (Å²) in [5, 5.41) is 2.92. The van der Waals surface area contributed by atoms with E-state index in [4.69, 9.17) is 4.74 Å². The monoisotopic (exact) mass is 357 g/mol. The molecule has 0 radical (unpaired) electrons. The molecule has 1 aliphatic rings. The lowest BCUT2D eigenvalue weighted by Gasteiger charge is -2.32. The van der Waals surface area contributed by atoms with Gasteiger partial charge in [-0.15, -0.1) is 0 Å². The molecule has 8 heteroatoms. The van der Waals surface area contributed by atoms with E-state index in [1.807, 2.05) is 0 Å². The van der Waals surface area contributed by atoms with Crippen LogP contribution in [-0.2, 0) is 11.3 Å². The quantitative estimate of drug-likeness (QED) is 0.812. The van der Waals surface area contributed by atoms with E-state index in [9.17, 15) is 13.6 Å². The summed E-state index contributed by atoms with van der Waals surface area (Å²) in [4.78, 5) is 16.0. The van der Waals surface area contributed by atoms with Gasteiger partial charge in [0.2, 0.25) is 0 Å². The van der Waals surface area contributed by atoms with Crippen LogP contribution >= 0.6 is 0 Å². The van der Waals surface area contributed by atoms with Crippen molar-refractivity contribution in [3.63, 3.8) is 0 Å². The fourth-order valence-corrected chi connectivity index (χ4v) is 2.64. The van der Waals surface area contributed by atoms with Crippen LogP contribution in [0.5, 0.6) is 5.75 Å². The molecule has 1 aromatic carbocycles. The molecular weight excluding hydrogens is 332 g/mol. The van der Waals surface area contributed by atoms with Crippen molar-refractivity contribution in [1.82, 2.24) is 15.1 Å². The predicted molar refractivity (Wildman–Crippen MR) is 89.8 cm³/mol. The third-order valence-electron chi connectivity index (χ3n) is 4.13. The molecule has 140 valence electrons. The largest absolute Gasteiger partial charge is 0.435 e. The Hall–Kier alpha value is -1.93. The fraction of sp³-hybridized carbons (Fsp3) is 0.588. The number of alkyl halides is 2. The molecule has 25 heavy (non-hydrogen) atoms. The van der Waals surface area contributed by atoms with Crippen LogP contribution in [0.3, 0.4) is 0 Å². The highest BCUT2D eigenvalue weighted by Crippen LogP contribution is 2.15. The van der Waals surface area contributed by atoms with E-state index in [1.54, 1.807) is 24.1 Å². The molecule has 1 fully saturated rings. The number of nitrogens with one attached hydrogen (secondary N) is 1. The molecule has 6 nitrogen and oxygen atoms in total. The second kappa shape index (κ2) is 9.53. The van der Waals surface area contributed by atoms with Crippen LogP contribution in [-0.4, -0.2) is 68.4 Å². The maximum absolute atomic E-state index is 12.2. The molecule has 1 unspecified atom stereocenters. The van der Waals surface area contributed by atoms with Crippen molar-refractivity contribution in [3.8, 4) is 5.75 Å². The van der Waals surface area contributed by atoms with Crippen LogP contribution in [0.1, 0.15) is 12.5 Å². The maximum atomic E-state index is 12.2. The van der Waals surface area contributed by atoms with Gasteiger partial charge in [0.05, 0.1) is 13.2 Å². The van der Waals surface area contributed by atoms with Crippen LogP contribution < -0.4 is 10.1 Å². The molecule has 0 aliphatic carbocycles. The Morgan fingerprint density at radius 3 is 2.56 bits per heavy atom. The van der Waals surface area contributed by atoms with E-state index in [0.29, 0.717) is 13.1 Å². The average molecular weight is 357 g/mol. The molecule has 2 rings (SSSR count). The van der Waals surface area contributed by atoms with Gasteiger partial charge in [-0.2, -0.15) is 8.78 Å². The van der Waals surface area contributed by atoms with Crippen LogP contribution in [0.2, 0.25) is 0 Å². The van der Waals surface area contributed by atoms with Gasteiger partial charge in [-0.25, -0.2) is 4.79 Å². The van der Waals surface area contributed by atoms with Gasteiger partial charge in [0.1, 0.15) is 5.75 Å². The van der Waals surface area contributed by atoms with Crippen LogP contribution in [0, 0.1) is 0 Å². The summed E-state index contributed by atoms with van der Waals surface area (Å²) in [6, 6.07) is 6.33. The second-order valence-electron chi connectivity index (χ2n) is 6.06. The van der Waals surface area contributed by atoms with Crippen LogP contribution in [0.4, 0.5) is 13.6 Å². The highest BCUT2D eigenvalue weighted by molar-refractivity contribution is 5.73. The van der Waals surface area contributed by atoms with Gasteiger partial charge in [-0.05, 0) is 24.6 Å². The van der Waals surface area contributed by atoms with Crippen molar-refractivity contribution >= 4 is 6.03 Å². The van der Waals surface area contributed by atoms with Crippen LogP contribution in [0.25, 0.3) is 0 Å². The standard InChI is InChI=1S/C17H25F2N3O3/c1-13(22-7-9-24-10-8-22)11-20-17(23)21(2)12-14-3-5-15(6-4-14)25-16(18)19/h3-6,13,16H,7-12H2,1-2H3,(H,20,23). The number of benzene rings is 1. The van der Waals surface area contributed by atoms with Gasteiger partial charge >= 0.3 is 12.6 Å². The van der Waals surface area contributed by atoms with Gasteiger partial charge in [0.25, 0.3) is 0 Å². The van der Waals surface area contributed by atoms with E-state index < -0.39 is 6.61 Å². The SMILES string of the molecule is CC(CNC(=O)N(C)Cc1ccc(OC(F)F)cc1)N1CCOCC1. The zero-order chi connectivity index (χ0) is 18.2. The number of amides is 2. The number of morpholine rings is 1. The number of rotatable bonds is 7. The van der Waals surface area contributed by atoms with Crippen molar-refractivity contribution < 1.29 is 23.0 Å². The number of carbonyl (C=O) groups is 1. The Bertz CT molecular complexity index is 536. The second-order valence-corrected chi connectivity index (χ2v) is 6.06. The van der Waals surface area contributed by atoms with E-state index in [-0.39, 0.29) is 17.8 Å². The summed E-state index contributed by atoms with van der Waals surface area (Å²) >= 11 is 0. The molecule has 0 aromatic heterocycles. The number of hydrogen-bond acceptors (Lipinski definition) is 4. The Kier molecular flexibility index (Phi) is 7.39. The molecule has 2 amide bonds. The van der Waals surface area contributed by atoms with Crippen molar-refractivity contribution in [2.45, 2.75) is 26.1 Å². The molecule has 1 saturated heterocycles. The van der Waals surface area contributed by atoms with E-state index in [0.717, 1.165) is 31.9 Å². The highest BCUT2D eigenvalue weighted by Gasteiger charge is 2.18. The number of ether oxygens (including phenoxy) is 2. The van der Waals surface area contributed by atoms with Gasteiger partial charge < -0.3 is 19.7 Å². The van der Waals surface area contributed by atoms with Gasteiger partial charge in [-0.1, -0.05) is 12.1 Å². The smallest absolute Gasteiger partial charge is 0.387 e. The Morgan fingerprint density at radius 1 is 1.32 bits per heavy atom. The lowest BCUT2D eigenvalue weighted by atomic mass is 10.2. The summed E-state index contributed by atoms with van der Waals surface area (Å²) in [6.07, 6.45) is 0. The third kappa shape index (κ3) is 6.47. The normalized spacial score (nSPS) is 16.5. The number of nitrogens with zero attached hydrogens (tertiary/aromatic N) is 2. The molecule has 1 heterocycles. The zero-order valence-electron chi connectivity index (χ0n) is 14.6. The van der Waals surface area contributed by atoms with Crippen molar-refractivity contribution in [2.24, 2.45) is 0 Å². The minimum Gasteiger partial charge on any atom is -0.435 e. The zero-order valence-corrected chi connectivity index (χ0v) is 14.6. The topological polar surface area (TPSA) is 54.0 Å².